The van der Waals surface area contributed by atoms with Crippen molar-refractivity contribution in [2.75, 3.05) is 0 Å². The molecule has 0 spiro atoms. The molecule has 2 aromatic heterocycles. The van der Waals surface area contributed by atoms with Crippen LogP contribution in [0.3, 0.4) is 0 Å². The molecule has 0 aliphatic carbocycles. The Hall–Kier alpha value is -2.26. The number of nitriles is 1. The Morgan fingerprint density at radius 3 is 2.88 bits per heavy atom. The van der Waals surface area contributed by atoms with Gasteiger partial charge in [0.05, 0.1) is 0 Å². The first-order chi connectivity index (χ1) is 7.81. The summed E-state index contributed by atoms with van der Waals surface area (Å²) in [7, 11) is 0. The molecule has 2 heterocycles. The molecule has 2 aromatic rings. The third-order valence-corrected chi connectivity index (χ3v) is 2.72. The molecule has 16 heavy (non-hydrogen) atoms. The second kappa shape index (κ2) is 4.51. The van der Waals surface area contributed by atoms with Crippen LogP contribution in [-0.2, 0) is 0 Å². The number of thiazole rings is 1. The fourth-order valence-corrected chi connectivity index (χ4v) is 1.93. The van der Waals surface area contributed by atoms with Crippen molar-refractivity contribution in [1.29, 1.82) is 5.26 Å². The zero-order chi connectivity index (χ0) is 11.4. The molecular weight excluding hydrogens is 224 g/mol. The molecule has 1 amide bonds. The summed E-state index contributed by atoms with van der Waals surface area (Å²) < 4.78 is 0. The molecule has 78 valence electrons. The topological polar surface area (TPSA) is 78.7 Å². The van der Waals surface area contributed by atoms with Crippen LogP contribution in [0.2, 0.25) is 0 Å². The minimum atomic E-state index is -0.487. The molecule has 1 N–H and O–H groups in total. The van der Waals surface area contributed by atoms with Gasteiger partial charge in [0.25, 0.3) is 5.91 Å². The SMILES string of the molecule is N#CNC(=O)c1csc(-c2ccncc2)n1. The number of amides is 1. The summed E-state index contributed by atoms with van der Waals surface area (Å²) in [4.78, 5) is 19.3. The number of hydrogen-bond donors (Lipinski definition) is 1. The molecule has 0 aliphatic rings. The monoisotopic (exact) mass is 230 g/mol. The van der Waals surface area contributed by atoms with E-state index in [-0.39, 0.29) is 5.69 Å². The lowest BCUT2D eigenvalue weighted by atomic mass is 10.3. The Bertz CT molecular complexity index is 543. The average molecular weight is 230 g/mol. The lowest BCUT2D eigenvalue weighted by Gasteiger charge is -1.93. The lowest BCUT2D eigenvalue weighted by Crippen LogP contribution is -2.17. The van der Waals surface area contributed by atoms with Gasteiger partial charge in [-0.2, -0.15) is 5.26 Å². The smallest absolute Gasteiger partial charge is 0.266 e. The molecule has 5 nitrogen and oxygen atoms in total. The maximum Gasteiger partial charge on any atom is 0.283 e. The van der Waals surface area contributed by atoms with E-state index in [4.69, 9.17) is 5.26 Å². The van der Waals surface area contributed by atoms with Crippen molar-refractivity contribution in [3.63, 3.8) is 0 Å². The van der Waals surface area contributed by atoms with Gasteiger partial charge in [0.1, 0.15) is 10.7 Å². The van der Waals surface area contributed by atoms with Gasteiger partial charge in [0.2, 0.25) is 0 Å². The molecule has 0 saturated carbocycles. The number of pyridine rings is 1. The quantitative estimate of drug-likeness (QED) is 0.625. The first-order valence-electron chi connectivity index (χ1n) is 4.36. The second-order valence-corrected chi connectivity index (χ2v) is 3.70. The van der Waals surface area contributed by atoms with Crippen LogP contribution in [-0.4, -0.2) is 15.9 Å². The summed E-state index contributed by atoms with van der Waals surface area (Å²) in [6.45, 7) is 0. The van der Waals surface area contributed by atoms with Gasteiger partial charge in [0.15, 0.2) is 6.19 Å². The predicted molar refractivity (Wildman–Crippen MR) is 58.4 cm³/mol. The van der Waals surface area contributed by atoms with Crippen molar-refractivity contribution in [2.45, 2.75) is 0 Å². The molecule has 0 aromatic carbocycles. The fourth-order valence-electron chi connectivity index (χ4n) is 1.12. The zero-order valence-electron chi connectivity index (χ0n) is 8.04. The third kappa shape index (κ3) is 2.04. The van der Waals surface area contributed by atoms with E-state index in [1.54, 1.807) is 24.0 Å². The van der Waals surface area contributed by atoms with Crippen molar-refractivity contribution >= 4 is 17.2 Å². The Kier molecular flexibility index (Phi) is 2.89. The Balaban J connectivity index is 2.27. The van der Waals surface area contributed by atoms with Gasteiger partial charge in [-0.15, -0.1) is 11.3 Å². The lowest BCUT2D eigenvalue weighted by molar-refractivity contribution is 0.0969. The molecule has 0 saturated heterocycles. The van der Waals surface area contributed by atoms with Crippen LogP contribution in [0.1, 0.15) is 10.5 Å². The highest BCUT2D eigenvalue weighted by atomic mass is 32.1. The van der Waals surface area contributed by atoms with E-state index in [2.05, 4.69) is 9.97 Å². The highest BCUT2D eigenvalue weighted by Gasteiger charge is 2.10. The highest BCUT2D eigenvalue weighted by molar-refractivity contribution is 7.13. The van der Waals surface area contributed by atoms with Gasteiger partial charge in [0, 0.05) is 23.3 Å². The zero-order valence-corrected chi connectivity index (χ0v) is 8.86. The molecule has 6 heteroatoms. The number of nitrogens with one attached hydrogen (secondary N) is 1. The summed E-state index contributed by atoms with van der Waals surface area (Å²) in [5.41, 5.74) is 1.15. The number of nitrogens with zero attached hydrogens (tertiary/aromatic N) is 3. The van der Waals surface area contributed by atoms with Gasteiger partial charge in [-0.25, -0.2) is 4.98 Å². The normalized spacial score (nSPS) is 9.44. The molecule has 0 bridgehead atoms. The summed E-state index contributed by atoms with van der Waals surface area (Å²) in [6.07, 6.45) is 4.89. The maximum absolute atomic E-state index is 11.3. The van der Waals surface area contributed by atoms with Gasteiger partial charge in [-0.3, -0.25) is 15.1 Å². The van der Waals surface area contributed by atoms with Crippen molar-refractivity contribution in [2.24, 2.45) is 0 Å². The van der Waals surface area contributed by atoms with E-state index < -0.39 is 5.91 Å². The van der Waals surface area contributed by atoms with Crippen LogP contribution in [0, 0.1) is 11.5 Å². The highest BCUT2D eigenvalue weighted by Crippen LogP contribution is 2.22. The molecule has 2 rings (SSSR count). The Morgan fingerprint density at radius 1 is 1.44 bits per heavy atom. The first kappa shape index (κ1) is 10.3. The van der Waals surface area contributed by atoms with E-state index >= 15 is 0 Å². The molecule has 0 atom stereocenters. The van der Waals surface area contributed by atoms with Crippen LogP contribution in [0.25, 0.3) is 10.6 Å². The number of carbonyl (C=O) groups excluding carboxylic acids is 1. The molecule has 0 radical (unpaired) electrons. The standard InChI is InChI=1S/C10H6N4OS/c11-6-13-9(15)8-5-16-10(14-8)7-1-3-12-4-2-7/h1-5H,(H,13,15). The molecule has 0 aliphatic heterocycles. The van der Waals surface area contributed by atoms with Crippen LogP contribution >= 0.6 is 11.3 Å². The molecule has 0 unspecified atom stereocenters. The van der Waals surface area contributed by atoms with E-state index in [1.807, 2.05) is 17.4 Å². The van der Waals surface area contributed by atoms with E-state index in [9.17, 15) is 4.79 Å². The van der Waals surface area contributed by atoms with E-state index in [0.717, 1.165) is 10.6 Å². The third-order valence-electron chi connectivity index (χ3n) is 1.83. The van der Waals surface area contributed by atoms with E-state index in [0.29, 0.717) is 0 Å². The summed E-state index contributed by atoms with van der Waals surface area (Å²) in [5, 5.41) is 12.7. The number of carbonyl (C=O) groups is 1. The maximum atomic E-state index is 11.3. The number of rotatable bonds is 2. The van der Waals surface area contributed by atoms with Gasteiger partial charge < -0.3 is 0 Å². The van der Waals surface area contributed by atoms with Crippen LogP contribution in [0.4, 0.5) is 0 Å². The van der Waals surface area contributed by atoms with Crippen LogP contribution in [0.5, 0.6) is 0 Å². The Labute approximate surface area is 95.4 Å². The van der Waals surface area contributed by atoms with Crippen LogP contribution in [0.15, 0.2) is 29.9 Å². The average Bonchev–Trinajstić information content (AvgIpc) is 2.80. The minimum Gasteiger partial charge on any atom is -0.266 e. The number of hydrogen-bond acceptors (Lipinski definition) is 5. The summed E-state index contributed by atoms with van der Waals surface area (Å²) in [5.74, 6) is -0.487. The van der Waals surface area contributed by atoms with Gasteiger partial charge >= 0.3 is 0 Å². The van der Waals surface area contributed by atoms with Crippen LogP contribution < -0.4 is 5.32 Å². The number of aromatic nitrogens is 2. The predicted octanol–water partition coefficient (Wildman–Crippen LogP) is 1.42. The minimum absolute atomic E-state index is 0.248. The van der Waals surface area contributed by atoms with Crippen molar-refractivity contribution in [3.05, 3.63) is 35.6 Å². The summed E-state index contributed by atoms with van der Waals surface area (Å²) >= 11 is 1.35. The van der Waals surface area contributed by atoms with Crippen molar-refractivity contribution in [1.82, 2.24) is 15.3 Å². The largest absolute Gasteiger partial charge is 0.283 e. The fraction of sp³-hybridized carbons (Fsp3) is 0. The summed E-state index contributed by atoms with van der Waals surface area (Å²) in [6, 6.07) is 3.62. The molecule has 0 fully saturated rings. The molecular formula is C10H6N4OS. The van der Waals surface area contributed by atoms with Gasteiger partial charge in [-0.05, 0) is 12.1 Å². The second-order valence-electron chi connectivity index (χ2n) is 2.84. The Morgan fingerprint density at radius 2 is 2.19 bits per heavy atom. The van der Waals surface area contributed by atoms with E-state index in [1.165, 1.54) is 11.3 Å². The van der Waals surface area contributed by atoms with Crippen molar-refractivity contribution in [3.8, 4) is 16.8 Å². The van der Waals surface area contributed by atoms with Crippen molar-refractivity contribution < 1.29 is 4.79 Å². The van der Waals surface area contributed by atoms with Gasteiger partial charge in [-0.1, -0.05) is 0 Å². The first-order valence-corrected chi connectivity index (χ1v) is 5.24.